The van der Waals surface area contributed by atoms with Gasteiger partial charge in [-0.3, -0.25) is 9.59 Å². The molecule has 0 saturated heterocycles. The van der Waals surface area contributed by atoms with E-state index >= 15 is 0 Å². The van der Waals surface area contributed by atoms with Crippen LogP contribution in [0.2, 0.25) is 0 Å². The van der Waals surface area contributed by atoms with Crippen LogP contribution in [0.5, 0.6) is 11.5 Å². The molecule has 6 nitrogen and oxygen atoms in total. The van der Waals surface area contributed by atoms with Gasteiger partial charge in [-0.05, 0) is 32.4 Å². The first kappa shape index (κ1) is 14.2. The monoisotopic (exact) mass is 279 g/mol. The highest BCUT2D eigenvalue weighted by atomic mass is 16.7. The van der Waals surface area contributed by atoms with Gasteiger partial charge in [0.05, 0.1) is 5.41 Å². The molecule has 0 aromatic heterocycles. The first-order valence-electron chi connectivity index (χ1n) is 6.23. The molecule has 6 heteroatoms. The second-order valence-electron chi connectivity index (χ2n) is 5.43. The molecule has 0 atom stereocenters. The smallest absolute Gasteiger partial charge is 0.309 e. The van der Waals surface area contributed by atoms with Gasteiger partial charge < -0.3 is 19.9 Å². The molecule has 0 spiro atoms. The van der Waals surface area contributed by atoms with E-state index in [-0.39, 0.29) is 19.1 Å². The van der Waals surface area contributed by atoms with Crippen LogP contribution in [-0.2, 0) is 9.59 Å². The fourth-order valence-electron chi connectivity index (χ4n) is 1.85. The number of hydrogen-bond acceptors (Lipinski definition) is 4. The number of anilines is 1. The van der Waals surface area contributed by atoms with Crippen LogP contribution in [-0.4, -0.2) is 23.8 Å². The van der Waals surface area contributed by atoms with E-state index in [0.29, 0.717) is 17.2 Å². The normalized spacial score (nSPS) is 13.2. The van der Waals surface area contributed by atoms with Crippen LogP contribution in [0.25, 0.3) is 0 Å². The van der Waals surface area contributed by atoms with Crippen molar-refractivity contribution < 1.29 is 24.2 Å². The average molecular weight is 279 g/mol. The molecule has 2 N–H and O–H groups in total. The molecule has 0 saturated carbocycles. The summed E-state index contributed by atoms with van der Waals surface area (Å²) in [7, 11) is 0. The molecule has 1 amide bonds. The summed E-state index contributed by atoms with van der Waals surface area (Å²) in [6, 6.07) is 3.46. The Morgan fingerprint density at radius 2 is 1.90 bits per heavy atom. The average Bonchev–Trinajstić information content (AvgIpc) is 2.75. The van der Waals surface area contributed by atoms with E-state index in [1.807, 2.05) is 6.92 Å². The minimum absolute atomic E-state index is 0.101. The molecule has 20 heavy (non-hydrogen) atoms. The summed E-state index contributed by atoms with van der Waals surface area (Å²) in [6.45, 7) is 5.03. The van der Waals surface area contributed by atoms with E-state index in [0.717, 1.165) is 5.56 Å². The van der Waals surface area contributed by atoms with Crippen LogP contribution in [0, 0.1) is 12.3 Å². The zero-order chi connectivity index (χ0) is 14.9. The summed E-state index contributed by atoms with van der Waals surface area (Å²) in [5, 5.41) is 11.7. The van der Waals surface area contributed by atoms with Gasteiger partial charge in [0.2, 0.25) is 12.7 Å². The Bertz CT molecular complexity index is 565. The number of ether oxygens (including phenoxy) is 2. The predicted molar refractivity (Wildman–Crippen MR) is 72.0 cm³/mol. The largest absolute Gasteiger partial charge is 0.481 e. The van der Waals surface area contributed by atoms with Gasteiger partial charge >= 0.3 is 5.97 Å². The van der Waals surface area contributed by atoms with Crippen LogP contribution < -0.4 is 14.8 Å². The lowest BCUT2D eigenvalue weighted by molar-refractivity contribution is -0.148. The zero-order valence-corrected chi connectivity index (χ0v) is 11.6. The number of carbonyl (C=O) groups is 2. The summed E-state index contributed by atoms with van der Waals surface area (Å²) >= 11 is 0. The van der Waals surface area contributed by atoms with Crippen LogP contribution in [0.3, 0.4) is 0 Å². The van der Waals surface area contributed by atoms with Crippen LogP contribution in [0.15, 0.2) is 12.1 Å². The molecule has 1 aromatic rings. The molecular formula is C14H17NO5. The third kappa shape index (κ3) is 2.84. The van der Waals surface area contributed by atoms with Crippen LogP contribution in [0.4, 0.5) is 5.69 Å². The molecule has 0 aliphatic carbocycles. The van der Waals surface area contributed by atoms with Crippen molar-refractivity contribution in [1.29, 1.82) is 0 Å². The van der Waals surface area contributed by atoms with Gasteiger partial charge in [0, 0.05) is 18.2 Å². The molecule has 2 rings (SSSR count). The number of nitrogens with one attached hydrogen (secondary N) is 1. The van der Waals surface area contributed by atoms with Gasteiger partial charge in [0.1, 0.15) is 0 Å². The number of carbonyl (C=O) groups excluding carboxylic acids is 1. The number of carboxylic acids is 1. The number of benzene rings is 1. The second kappa shape index (κ2) is 5.03. The van der Waals surface area contributed by atoms with E-state index in [4.69, 9.17) is 14.6 Å². The van der Waals surface area contributed by atoms with E-state index in [1.54, 1.807) is 12.1 Å². The van der Waals surface area contributed by atoms with Crippen molar-refractivity contribution >= 4 is 17.6 Å². The van der Waals surface area contributed by atoms with E-state index < -0.39 is 11.4 Å². The molecule has 0 fully saturated rings. The number of carboxylic acid groups (broad SMARTS) is 1. The highest BCUT2D eigenvalue weighted by Gasteiger charge is 2.30. The van der Waals surface area contributed by atoms with Crippen molar-refractivity contribution in [2.24, 2.45) is 5.41 Å². The number of rotatable bonds is 4. The summed E-state index contributed by atoms with van der Waals surface area (Å²) in [5.74, 6) is -0.135. The topological polar surface area (TPSA) is 84.9 Å². The Labute approximate surface area is 116 Å². The maximum Gasteiger partial charge on any atom is 0.309 e. The van der Waals surface area contributed by atoms with E-state index in [9.17, 15) is 9.59 Å². The van der Waals surface area contributed by atoms with Gasteiger partial charge in [-0.2, -0.15) is 0 Å². The molecular weight excluding hydrogens is 262 g/mol. The third-order valence-electron chi connectivity index (χ3n) is 3.18. The molecule has 0 unspecified atom stereocenters. The molecule has 0 radical (unpaired) electrons. The predicted octanol–water partition coefficient (Wildman–Crippen LogP) is 2.16. The van der Waals surface area contributed by atoms with E-state index in [2.05, 4.69) is 5.32 Å². The van der Waals surface area contributed by atoms with Gasteiger partial charge in [0.25, 0.3) is 0 Å². The van der Waals surface area contributed by atoms with Gasteiger partial charge in [-0.15, -0.1) is 0 Å². The highest BCUT2D eigenvalue weighted by molar-refractivity contribution is 5.95. The first-order chi connectivity index (χ1) is 9.29. The van der Waals surface area contributed by atoms with Crippen molar-refractivity contribution in [2.45, 2.75) is 27.2 Å². The standard InChI is InChI=1S/C14H17NO5/c1-8-4-10-11(20-7-19-10)5-9(8)15-12(16)6-14(2,3)13(17)18/h4-5H,6-7H2,1-3H3,(H,15,16)(H,17,18). The lowest BCUT2D eigenvalue weighted by atomic mass is 9.89. The van der Waals surface area contributed by atoms with Crippen LogP contribution in [0.1, 0.15) is 25.8 Å². The van der Waals surface area contributed by atoms with Gasteiger partial charge in [0.15, 0.2) is 11.5 Å². The van der Waals surface area contributed by atoms with Crippen molar-refractivity contribution in [3.63, 3.8) is 0 Å². The number of fused-ring (bicyclic) bond motifs is 1. The Balaban J connectivity index is 2.11. The fraction of sp³-hybridized carbons (Fsp3) is 0.429. The maximum atomic E-state index is 11.9. The maximum absolute atomic E-state index is 11.9. The van der Waals surface area contributed by atoms with Crippen LogP contribution >= 0.6 is 0 Å². The molecule has 1 aliphatic heterocycles. The minimum Gasteiger partial charge on any atom is -0.481 e. The molecule has 1 aromatic carbocycles. The number of amides is 1. The summed E-state index contributed by atoms with van der Waals surface area (Å²) in [5.41, 5.74) is 0.324. The fourth-order valence-corrected chi connectivity index (χ4v) is 1.85. The minimum atomic E-state index is -1.10. The van der Waals surface area contributed by atoms with Crippen molar-refractivity contribution in [3.8, 4) is 11.5 Å². The lowest BCUT2D eigenvalue weighted by Crippen LogP contribution is -2.29. The van der Waals surface area contributed by atoms with Crippen molar-refractivity contribution in [2.75, 3.05) is 12.1 Å². The third-order valence-corrected chi connectivity index (χ3v) is 3.18. The molecule has 1 aliphatic rings. The van der Waals surface area contributed by atoms with Crippen molar-refractivity contribution in [1.82, 2.24) is 0 Å². The quantitative estimate of drug-likeness (QED) is 0.882. The van der Waals surface area contributed by atoms with Gasteiger partial charge in [-0.25, -0.2) is 0 Å². The Morgan fingerprint density at radius 3 is 2.50 bits per heavy atom. The number of aryl methyl sites for hydroxylation is 1. The Kier molecular flexibility index (Phi) is 3.57. The highest BCUT2D eigenvalue weighted by Crippen LogP contribution is 2.36. The van der Waals surface area contributed by atoms with Gasteiger partial charge in [-0.1, -0.05) is 0 Å². The molecule has 1 heterocycles. The van der Waals surface area contributed by atoms with Crippen molar-refractivity contribution in [3.05, 3.63) is 17.7 Å². The Hall–Kier alpha value is -2.24. The molecule has 108 valence electrons. The SMILES string of the molecule is Cc1cc2c(cc1NC(=O)CC(C)(C)C(=O)O)OCO2. The summed E-state index contributed by atoms with van der Waals surface area (Å²) in [6.07, 6.45) is -0.101. The zero-order valence-electron chi connectivity index (χ0n) is 11.6. The van der Waals surface area contributed by atoms with E-state index in [1.165, 1.54) is 13.8 Å². The lowest BCUT2D eigenvalue weighted by Gasteiger charge is -2.18. The Morgan fingerprint density at radius 1 is 1.30 bits per heavy atom. The number of aliphatic carboxylic acids is 1. The summed E-state index contributed by atoms with van der Waals surface area (Å²) in [4.78, 5) is 23.0. The molecule has 0 bridgehead atoms. The number of hydrogen-bond donors (Lipinski definition) is 2. The summed E-state index contributed by atoms with van der Waals surface area (Å²) < 4.78 is 10.5. The first-order valence-corrected chi connectivity index (χ1v) is 6.23. The second-order valence-corrected chi connectivity index (χ2v) is 5.43.